The van der Waals surface area contributed by atoms with Gasteiger partial charge in [-0.3, -0.25) is 14.3 Å². The first kappa shape index (κ1) is 13.6. The third kappa shape index (κ3) is 2.34. The summed E-state index contributed by atoms with van der Waals surface area (Å²) in [6.07, 6.45) is 4.31. The molecule has 0 unspecified atom stereocenters. The minimum Gasteiger partial charge on any atom is -0.480 e. The number of amides is 1. The lowest BCUT2D eigenvalue weighted by Gasteiger charge is -2.35. The van der Waals surface area contributed by atoms with Crippen LogP contribution in [0.2, 0.25) is 0 Å². The van der Waals surface area contributed by atoms with Crippen LogP contribution in [0, 0.1) is 5.41 Å². The Hall–Kier alpha value is -1.85. The molecule has 1 heterocycles. The van der Waals surface area contributed by atoms with Crippen molar-refractivity contribution < 1.29 is 14.7 Å². The Morgan fingerprint density at radius 3 is 2.68 bits per heavy atom. The third-order valence-corrected chi connectivity index (χ3v) is 3.82. The van der Waals surface area contributed by atoms with E-state index >= 15 is 0 Å². The molecule has 1 amide bonds. The maximum absolute atomic E-state index is 12.0. The van der Waals surface area contributed by atoms with Crippen molar-refractivity contribution >= 4 is 11.9 Å². The second-order valence-corrected chi connectivity index (χ2v) is 5.05. The molecular formula is C13H19N3O3. The summed E-state index contributed by atoms with van der Waals surface area (Å²) in [5.41, 5.74) is 0.674. The van der Waals surface area contributed by atoms with Crippen LogP contribution in [0.15, 0.2) is 6.20 Å². The number of carboxylic acids is 1. The van der Waals surface area contributed by atoms with Crippen LogP contribution >= 0.6 is 0 Å². The number of carbonyl (C=O) groups excluding carboxylic acids is 1. The highest BCUT2D eigenvalue weighted by molar-refractivity contribution is 6.02. The highest BCUT2D eigenvalue weighted by Gasteiger charge is 2.51. The largest absolute Gasteiger partial charge is 0.480 e. The molecule has 104 valence electrons. The second kappa shape index (κ2) is 5.03. The van der Waals surface area contributed by atoms with Crippen LogP contribution in [-0.4, -0.2) is 26.8 Å². The van der Waals surface area contributed by atoms with E-state index in [1.54, 1.807) is 4.68 Å². The van der Waals surface area contributed by atoms with Crippen LogP contribution in [0.4, 0.5) is 0 Å². The SMILES string of the molecule is CCc1nn(C)cc1CNC(=O)C1(C(=O)O)CCC1. The summed E-state index contributed by atoms with van der Waals surface area (Å²) in [5, 5.41) is 16.2. The van der Waals surface area contributed by atoms with E-state index in [4.69, 9.17) is 0 Å². The standard InChI is InChI=1S/C13H19N3O3/c1-3-10-9(8-16(2)15-10)7-14-11(17)13(12(18)19)5-4-6-13/h8H,3-7H2,1-2H3,(H,14,17)(H,18,19). The number of hydrogen-bond donors (Lipinski definition) is 2. The summed E-state index contributed by atoms with van der Waals surface area (Å²) in [4.78, 5) is 23.3. The fraction of sp³-hybridized carbons (Fsp3) is 0.615. The van der Waals surface area contributed by atoms with E-state index < -0.39 is 11.4 Å². The lowest BCUT2D eigenvalue weighted by molar-refractivity contribution is -0.162. The molecule has 1 aliphatic rings. The highest BCUT2D eigenvalue weighted by Crippen LogP contribution is 2.41. The quantitative estimate of drug-likeness (QED) is 0.773. The highest BCUT2D eigenvalue weighted by atomic mass is 16.4. The van der Waals surface area contributed by atoms with E-state index in [1.165, 1.54) is 0 Å². The van der Waals surface area contributed by atoms with Gasteiger partial charge in [0, 0.05) is 25.4 Å². The molecule has 1 saturated carbocycles. The van der Waals surface area contributed by atoms with Crippen molar-refractivity contribution in [1.29, 1.82) is 0 Å². The van der Waals surface area contributed by atoms with Crippen LogP contribution < -0.4 is 5.32 Å². The van der Waals surface area contributed by atoms with Gasteiger partial charge in [0.15, 0.2) is 0 Å². The molecule has 0 atom stereocenters. The average molecular weight is 265 g/mol. The smallest absolute Gasteiger partial charge is 0.319 e. The summed E-state index contributed by atoms with van der Waals surface area (Å²) in [6.45, 7) is 2.34. The molecule has 0 radical (unpaired) electrons. The van der Waals surface area contributed by atoms with Gasteiger partial charge in [0.25, 0.3) is 0 Å². The number of hydrogen-bond acceptors (Lipinski definition) is 3. The molecule has 1 aromatic rings. The third-order valence-electron chi connectivity index (χ3n) is 3.82. The summed E-state index contributed by atoms with van der Waals surface area (Å²) in [5.74, 6) is -1.39. The molecule has 1 fully saturated rings. The molecule has 6 heteroatoms. The van der Waals surface area contributed by atoms with Gasteiger partial charge in [0.05, 0.1) is 5.69 Å². The zero-order valence-corrected chi connectivity index (χ0v) is 11.3. The van der Waals surface area contributed by atoms with E-state index in [2.05, 4.69) is 10.4 Å². The number of aliphatic carboxylic acids is 1. The monoisotopic (exact) mass is 265 g/mol. The van der Waals surface area contributed by atoms with Crippen molar-refractivity contribution in [2.24, 2.45) is 12.5 Å². The minimum absolute atomic E-state index is 0.338. The van der Waals surface area contributed by atoms with Gasteiger partial charge in [-0.15, -0.1) is 0 Å². The number of carboxylic acid groups (broad SMARTS) is 1. The molecule has 6 nitrogen and oxygen atoms in total. The van der Waals surface area contributed by atoms with Crippen LogP contribution in [0.5, 0.6) is 0 Å². The Balaban J connectivity index is 2.02. The molecule has 19 heavy (non-hydrogen) atoms. The number of nitrogens with one attached hydrogen (secondary N) is 1. The zero-order valence-electron chi connectivity index (χ0n) is 11.3. The van der Waals surface area contributed by atoms with Gasteiger partial charge >= 0.3 is 5.97 Å². The van der Waals surface area contributed by atoms with Crippen molar-refractivity contribution in [3.63, 3.8) is 0 Å². The number of nitrogens with zero attached hydrogens (tertiary/aromatic N) is 2. The Bertz CT molecular complexity index is 503. The lowest BCUT2D eigenvalue weighted by Crippen LogP contribution is -2.50. The Kier molecular flexibility index (Phi) is 3.59. The Labute approximate surface area is 111 Å². The van der Waals surface area contributed by atoms with Gasteiger partial charge < -0.3 is 10.4 Å². The molecule has 0 spiro atoms. The molecule has 1 aromatic heterocycles. The van der Waals surface area contributed by atoms with Crippen molar-refractivity contribution in [2.45, 2.75) is 39.2 Å². The van der Waals surface area contributed by atoms with Gasteiger partial charge in [0.2, 0.25) is 5.91 Å². The second-order valence-electron chi connectivity index (χ2n) is 5.05. The van der Waals surface area contributed by atoms with E-state index in [0.717, 1.165) is 24.1 Å². The molecule has 0 saturated heterocycles. The van der Waals surface area contributed by atoms with Crippen LogP contribution in [-0.2, 0) is 29.6 Å². The summed E-state index contributed by atoms with van der Waals surface area (Å²) < 4.78 is 1.70. The number of aryl methyl sites for hydroxylation is 2. The van der Waals surface area contributed by atoms with Crippen molar-refractivity contribution in [3.05, 3.63) is 17.5 Å². The predicted octanol–water partition coefficient (Wildman–Crippen LogP) is 0.854. The van der Waals surface area contributed by atoms with Gasteiger partial charge in [-0.05, 0) is 19.3 Å². The normalized spacial score (nSPS) is 16.7. The first-order valence-corrected chi connectivity index (χ1v) is 6.52. The molecule has 0 aliphatic heterocycles. The predicted molar refractivity (Wildman–Crippen MR) is 68.4 cm³/mol. The maximum atomic E-state index is 12.0. The van der Waals surface area contributed by atoms with Gasteiger partial charge in [-0.2, -0.15) is 5.10 Å². The Morgan fingerprint density at radius 2 is 2.21 bits per heavy atom. The molecule has 2 rings (SSSR count). The van der Waals surface area contributed by atoms with Crippen LogP contribution in [0.1, 0.15) is 37.4 Å². The van der Waals surface area contributed by atoms with Crippen molar-refractivity contribution in [3.8, 4) is 0 Å². The van der Waals surface area contributed by atoms with E-state index in [9.17, 15) is 14.7 Å². The minimum atomic E-state index is -1.20. The van der Waals surface area contributed by atoms with E-state index in [-0.39, 0.29) is 5.91 Å². The topological polar surface area (TPSA) is 84.2 Å². The first-order chi connectivity index (χ1) is 8.99. The van der Waals surface area contributed by atoms with E-state index in [1.807, 2.05) is 20.2 Å². The van der Waals surface area contributed by atoms with Gasteiger partial charge in [-0.1, -0.05) is 13.3 Å². The first-order valence-electron chi connectivity index (χ1n) is 6.52. The molecular weight excluding hydrogens is 246 g/mol. The fourth-order valence-electron chi connectivity index (χ4n) is 2.44. The van der Waals surface area contributed by atoms with Gasteiger partial charge in [0.1, 0.15) is 5.41 Å². The Morgan fingerprint density at radius 1 is 1.53 bits per heavy atom. The molecule has 0 aromatic carbocycles. The van der Waals surface area contributed by atoms with E-state index in [0.29, 0.717) is 19.4 Å². The van der Waals surface area contributed by atoms with Crippen LogP contribution in [0.25, 0.3) is 0 Å². The number of rotatable bonds is 5. The lowest BCUT2D eigenvalue weighted by atomic mass is 9.68. The van der Waals surface area contributed by atoms with Crippen molar-refractivity contribution in [1.82, 2.24) is 15.1 Å². The number of aromatic nitrogens is 2. The summed E-state index contributed by atoms with van der Waals surface area (Å²) in [7, 11) is 1.83. The molecule has 0 bridgehead atoms. The summed E-state index contributed by atoms with van der Waals surface area (Å²) in [6, 6.07) is 0. The van der Waals surface area contributed by atoms with Crippen LogP contribution in [0.3, 0.4) is 0 Å². The molecule has 2 N–H and O–H groups in total. The number of carbonyl (C=O) groups is 2. The maximum Gasteiger partial charge on any atom is 0.319 e. The molecule has 1 aliphatic carbocycles. The van der Waals surface area contributed by atoms with Crippen molar-refractivity contribution in [2.75, 3.05) is 0 Å². The van der Waals surface area contributed by atoms with Gasteiger partial charge in [-0.25, -0.2) is 0 Å². The zero-order chi connectivity index (χ0) is 14.0. The fourth-order valence-corrected chi connectivity index (χ4v) is 2.44. The summed E-state index contributed by atoms with van der Waals surface area (Å²) >= 11 is 0. The average Bonchev–Trinajstić information content (AvgIpc) is 2.65.